The van der Waals surface area contributed by atoms with E-state index in [1.54, 1.807) is 0 Å². The summed E-state index contributed by atoms with van der Waals surface area (Å²) in [6, 6.07) is 3.13. The molecule has 2 N–H and O–H groups in total. The van der Waals surface area contributed by atoms with Gasteiger partial charge in [0.15, 0.2) is 0 Å². The van der Waals surface area contributed by atoms with Crippen LogP contribution in [0.1, 0.15) is 49.4 Å². The van der Waals surface area contributed by atoms with Gasteiger partial charge in [-0.1, -0.05) is 6.92 Å². The second-order valence-corrected chi connectivity index (χ2v) is 6.55. The lowest BCUT2D eigenvalue weighted by molar-refractivity contribution is -0.134. The van der Waals surface area contributed by atoms with E-state index in [4.69, 9.17) is 0 Å². The Morgan fingerprint density at radius 1 is 1.27 bits per heavy atom. The first-order valence-corrected chi connectivity index (χ1v) is 9.26. The molecule has 0 aromatic heterocycles. The van der Waals surface area contributed by atoms with Gasteiger partial charge < -0.3 is 15.5 Å². The molecule has 1 aromatic rings. The maximum Gasteiger partial charge on any atom is 0.254 e. The van der Waals surface area contributed by atoms with Crippen molar-refractivity contribution in [2.75, 3.05) is 26.2 Å². The average Bonchev–Trinajstić information content (AvgIpc) is 2.63. The normalized spacial score (nSPS) is 14.9. The summed E-state index contributed by atoms with van der Waals surface area (Å²) in [7, 11) is 0. The molecule has 2 rings (SSSR count). The maximum absolute atomic E-state index is 13.6. The summed E-state index contributed by atoms with van der Waals surface area (Å²) in [5.74, 6) is -2.11. The molecule has 0 bridgehead atoms. The van der Waals surface area contributed by atoms with Crippen molar-refractivity contribution in [1.29, 1.82) is 0 Å². The van der Waals surface area contributed by atoms with Crippen LogP contribution in [0.25, 0.3) is 0 Å². The van der Waals surface area contributed by atoms with Crippen molar-refractivity contribution in [3.05, 3.63) is 35.4 Å². The molecule has 0 atom stereocenters. The van der Waals surface area contributed by atoms with Gasteiger partial charge in [-0.2, -0.15) is 0 Å². The quantitative estimate of drug-likeness (QED) is 0.694. The number of hydrogen-bond acceptors (Lipinski definition) is 3. The molecular formula is C19H27F2N3O2. The van der Waals surface area contributed by atoms with Crippen molar-refractivity contribution in [2.24, 2.45) is 0 Å². The van der Waals surface area contributed by atoms with Gasteiger partial charge in [-0.3, -0.25) is 9.59 Å². The Hall–Kier alpha value is -2.02. The predicted octanol–water partition coefficient (Wildman–Crippen LogP) is 2.47. The highest BCUT2D eigenvalue weighted by molar-refractivity contribution is 5.94. The number of carbonyl (C=O) groups is 2. The molecule has 1 saturated heterocycles. The van der Waals surface area contributed by atoms with E-state index < -0.39 is 17.5 Å². The van der Waals surface area contributed by atoms with Crippen LogP contribution in [0.4, 0.5) is 8.78 Å². The molecule has 1 aromatic carbocycles. The molecule has 0 radical (unpaired) electrons. The Labute approximate surface area is 153 Å². The number of piperidine rings is 1. The summed E-state index contributed by atoms with van der Waals surface area (Å²) in [5.41, 5.74) is -0.194. The summed E-state index contributed by atoms with van der Waals surface area (Å²) >= 11 is 0. The zero-order chi connectivity index (χ0) is 18.9. The van der Waals surface area contributed by atoms with Crippen LogP contribution in [0.15, 0.2) is 18.2 Å². The van der Waals surface area contributed by atoms with Crippen molar-refractivity contribution in [3.63, 3.8) is 0 Å². The van der Waals surface area contributed by atoms with E-state index in [1.807, 2.05) is 4.90 Å². The molecule has 0 spiro atoms. The fraction of sp³-hybridized carbons (Fsp3) is 0.579. The van der Waals surface area contributed by atoms with Gasteiger partial charge in [0.05, 0.1) is 5.56 Å². The van der Waals surface area contributed by atoms with Gasteiger partial charge in [-0.15, -0.1) is 0 Å². The van der Waals surface area contributed by atoms with Crippen LogP contribution >= 0.6 is 0 Å². The van der Waals surface area contributed by atoms with E-state index in [2.05, 4.69) is 17.6 Å². The van der Waals surface area contributed by atoms with Crippen LogP contribution in [0.5, 0.6) is 0 Å². The SMILES string of the molecule is CCCN(C(=O)CCCNC(=O)c1ccc(F)cc1F)C1CCNCC1. The van der Waals surface area contributed by atoms with E-state index in [1.165, 1.54) is 0 Å². The van der Waals surface area contributed by atoms with Gasteiger partial charge in [0.25, 0.3) is 5.91 Å². The molecular weight excluding hydrogens is 340 g/mol. The Balaban J connectivity index is 1.78. The molecule has 2 amide bonds. The van der Waals surface area contributed by atoms with Crippen LogP contribution in [0, 0.1) is 11.6 Å². The molecule has 1 heterocycles. The molecule has 5 nitrogen and oxygen atoms in total. The zero-order valence-electron chi connectivity index (χ0n) is 15.2. The number of benzene rings is 1. The molecule has 144 valence electrons. The minimum absolute atomic E-state index is 0.0981. The van der Waals surface area contributed by atoms with Crippen LogP contribution in [-0.4, -0.2) is 48.9 Å². The smallest absolute Gasteiger partial charge is 0.254 e. The molecule has 0 aliphatic carbocycles. The third kappa shape index (κ3) is 5.76. The summed E-state index contributed by atoms with van der Waals surface area (Å²) in [6.45, 7) is 4.93. The van der Waals surface area contributed by atoms with Crippen molar-refractivity contribution in [2.45, 2.75) is 45.1 Å². The molecule has 1 fully saturated rings. The van der Waals surface area contributed by atoms with Crippen LogP contribution < -0.4 is 10.6 Å². The monoisotopic (exact) mass is 367 g/mol. The Morgan fingerprint density at radius 2 is 2.00 bits per heavy atom. The number of nitrogens with one attached hydrogen (secondary N) is 2. The molecule has 1 aliphatic rings. The van der Waals surface area contributed by atoms with E-state index in [-0.39, 0.29) is 24.1 Å². The van der Waals surface area contributed by atoms with Gasteiger partial charge >= 0.3 is 0 Å². The number of amides is 2. The summed E-state index contributed by atoms with van der Waals surface area (Å²) in [4.78, 5) is 26.4. The highest BCUT2D eigenvalue weighted by Crippen LogP contribution is 2.14. The Kier molecular flexibility index (Phi) is 7.97. The van der Waals surface area contributed by atoms with Crippen LogP contribution in [0.3, 0.4) is 0 Å². The van der Waals surface area contributed by atoms with Gasteiger partial charge in [-0.05, 0) is 50.9 Å². The van der Waals surface area contributed by atoms with Crippen molar-refractivity contribution < 1.29 is 18.4 Å². The van der Waals surface area contributed by atoms with Crippen molar-refractivity contribution >= 4 is 11.8 Å². The van der Waals surface area contributed by atoms with Crippen molar-refractivity contribution in [1.82, 2.24) is 15.5 Å². The van der Waals surface area contributed by atoms with Gasteiger partial charge in [0, 0.05) is 31.6 Å². The van der Waals surface area contributed by atoms with E-state index in [0.717, 1.165) is 51.0 Å². The third-order valence-electron chi connectivity index (χ3n) is 4.56. The number of rotatable bonds is 8. The van der Waals surface area contributed by atoms with E-state index in [9.17, 15) is 18.4 Å². The molecule has 26 heavy (non-hydrogen) atoms. The second kappa shape index (κ2) is 10.2. The second-order valence-electron chi connectivity index (χ2n) is 6.55. The number of halogens is 2. The van der Waals surface area contributed by atoms with Crippen LogP contribution in [0.2, 0.25) is 0 Å². The minimum Gasteiger partial charge on any atom is -0.352 e. The third-order valence-corrected chi connectivity index (χ3v) is 4.56. The number of hydrogen-bond donors (Lipinski definition) is 2. The zero-order valence-corrected chi connectivity index (χ0v) is 15.2. The molecule has 7 heteroatoms. The van der Waals surface area contributed by atoms with E-state index >= 15 is 0 Å². The largest absolute Gasteiger partial charge is 0.352 e. The predicted molar refractivity (Wildman–Crippen MR) is 95.8 cm³/mol. The maximum atomic E-state index is 13.6. The standard InChI is InChI=1S/C19H27F2N3O2/c1-2-12-24(15-7-10-22-11-8-15)18(25)4-3-9-23-19(26)16-6-5-14(20)13-17(16)21/h5-6,13,15,22H,2-4,7-12H2,1H3,(H,23,26). The first kappa shape index (κ1) is 20.3. The minimum atomic E-state index is -0.890. The molecule has 0 saturated carbocycles. The lowest BCUT2D eigenvalue weighted by Gasteiger charge is -2.34. The fourth-order valence-electron chi connectivity index (χ4n) is 3.22. The topological polar surface area (TPSA) is 61.4 Å². The summed E-state index contributed by atoms with van der Waals surface area (Å²) in [5, 5.41) is 5.88. The fourth-order valence-corrected chi connectivity index (χ4v) is 3.22. The van der Waals surface area contributed by atoms with Gasteiger partial charge in [0.1, 0.15) is 11.6 Å². The van der Waals surface area contributed by atoms with Gasteiger partial charge in [0.2, 0.25) is 5.91 Å². The highest BCUT2D eigenvalue weighted by atomic mass is 19.1. The Bertz CT molecular complexity index is 619. The number of carbonyl (C=O) groups excluding carboxylic acids is 2. The highest BCUT2D eigenvalue weighted by Gasteiger charge is 2.24. The average molecular weight is 367 g/mol. The summed E-state index contributed by atoms with van der Waals surface area (Å²) in [6.07, 6.45) is 3.67. The summed E-state index contributed by atoms with van der Waals surface area (Å²) < 4.78 is 26.4. The van der Waals surface area contributed by atoms with Crippen molar-refractivity contribution in [3.8, 4) is 0 Å². The Morgan fingerprint density at radius 3 is 2.65 bits per heavy atom. The first-order valence-electron chi connectivity index (χ1n) is 9.26. The lowest BCUT2D eigenvalue weighted by Crippen LogP contribution is -2.46. The van der Waals surface area contributed by atoms with Gasteiger partial charge in [-0.25, -0.2) is 8.78 Å². The molecule has 0 unspecified atom stereocenters. The lowest BCUT2D eigenvalue weighted by atomic mass is 10.0. The molecule has 1 aliphatic heterocycles. The van der Waals surface area contributed by atoms with E-state index in [0.29, 0.717) is 18.9 Å². The first-order chi connectivity index (χ1) is 12.5. The number of nitrogens with zero attached hydrogens (tertiary/aromatic N) is 1. The van der Waals surface area contributed by atoms with Crippen LogP contribution in [-0.2, 0) is 4.79 Å².